The summed E-state index contributed by atoms with van der Waals surface area (Å²) in [6, 6.07) is 10.9. The van der Waals surface area contributed by atoms with E-state index in [0.29, 0.717) is 12.6 Å². The predicted octanol–water partition coefficient (Wildman–Crippen LogP) is 2.33. The smallest absolute Gasteiger partial charge is 0.191 e. The molecule has 0 unspecified atom stereocenters. The molecule has 0 spiro atoms. The predicted molar refractivity (Wildman–Crippen MR) is 128 cm³/mol. The van der Waals surface area contributed by atoms with E-state index in [2.05, 4.69) is 54.3 Å². The molecule has 0 saturated carbocycles. The second kappa shape index (κ2) is 12.8. The fourth-order valence-electron chi connectivity index (χ4n) is 3.50. The molecular formula is C21H33IN6O. The van der Waals surface area contributed by atoms with Crippen LogP contribution in [0, 0.1) is 0 Å². The van der Waals surface area contributed by atoms with E-state index in [1.807, 2.05) is 25.5 Å². The van der Waals surface area contributed by atoms with Crippen LogP contribution in [0.2, 0.25) is 0 Å². The molecule has 0 bridgehead atoms. The number of hydrogen-bond donors (Lipinski definition) is 2. The Balaban J connectivity index is 0.00000300. The number of benzene rings is 1. The van der Waals surface area contributed by atoms with E-state index in [1.54, 1.807) is 7.11 Å². The molecule has 2 N–H and O–H groups in total. The Bertz CT molecular complexity index is 728. The van der Waals surface area contributed by atoms with Crippen LogP contribution in [0.25, 0.3) is 0 Å². The summed E-state index contributed by atoms with van der Waals surface area (Å²) in [6.07, 6.45) is 6.11. The van der Waals surface area contributed by atoms with Crippen LogP contribution in [0.4, 0.5) is 0 Å². The van der Waals surface area contributed by atoms with Gasteiger partial charge >= 0.3 is 0 Å². The standard InChI is InChI=1S/C21H32N6O.HI/c1-22-21(25-19-8-11-26(12-9-19)14-15-28-2)24-16-20-23-10-13-27(20)17-18-6-4-3-5-7-18;/h3-7,10,13,19H,8-9,11-12,14-17H2,1-2H3,(H2,22,24,25);1H. The van der Waals surface area contributed by atoms with E-state index in [4.69, 9.17) is 4.74 Å². The largest absolute Gasteiger partial charge is 0.383 e. The number of likely N-dealkylation sites (tertiary alicyclic amines) is 1. The number of nitrogens with one attached hydrogen (secondary N) is 2. The summed E-state index contributed by atoms with van der Waals surface area (Å²) >= 11 is 0. The van der Waals surface area contributed by atoms with Gasteiger partial charge in [-0.25, -0.2) is 4.98 Å². The lowest BCUT2D eigenvalue weighted by atomic mass is 10.1. The van der Waals surface area contributed by atoms with E-state index in [1.165, 1.54) is 5.56 Å². The van der Waals surface area contributed by atoms with Gasteiger partial charge in [0.05, 0.1) is 13.2 Å². The van der Waals surface area contributed by atoms with Crippen LogP contribution in [-0.2, 0) is 17.8 Å². The maximum absolute atomic E-state index is 5.17. The molecule has 2 heterocycles. The maximum atomic E-state index is 5.17. The monoisotopic (exact) mass is 512 g/mol. The number of rotatable bonds is 8. The minimum atomic E-state index is 0. The Morgan fingerprint density at radius 1 is 1.24 bits per heavy atom. The first-order valence-electron chi connectivity index (χ1n) is 10.0. The number of ether oxygens (including phenoxy) is 1. The molecule has 1 aromatic heterocycles. The van der Waals surface area contributed by atoms with E-state index in [9.17, 15) is 0 Å². The molecule has 3 rings (SSSR count). The van der Waals surface area contributed by atoms with Crippen molar-refractivity contribution in [3.63, 3.8) is 0 Å². The first-order chi connectivity index (χ1) is 13.8. The summed E-state index contributed by atoms with van der Waals surface area (Å²) in [6.45, 7) is 5.48. The normalized spacial score (nSPS) is 15.7. The highest BCUT2D eigenvalue weighted by Crippen LogP contribution is 2.10. The topological polar surface area (TPSA) is 66.7 Å². The van der Waals surface area contributed by atoms with Gasteiger partial charge in [-0.3, -0.25) is 4.99 Å². The van der Waals surface area contributed by atoms with Gasteiger partial charge in [-0.05, 0) is 18.4 Å². The van der Waals surface area contributed by atoms with Gasteiger partial charge in [0, 0.05) is 58.8 Å². The van der Waals surface area contributed by atoms with Crippen LogP contribution >= 0.6 is 24.0 Å². The first kappa shape index (κ1) is 23.6. The molecular weight excluding hydrogens is 479 g/mol. The second-order valence-corrected chi connectivity index (χ2v) is 7.14. The van der Waals surface area contributed by atoms with Crippen molar-refractivity contribution in [2.24, 2.45) is 4.99 Å². The maximum Gasteiger partial charge on any atom is 0.191 e. The number of halogens is 1. The first-order valence-corrected chi connectivity index (χ1v) is 10.0. The van der Waals surface area contributed by atoms with Gasteiger partial charge in [0.1, 0.15) is 5.82 Å². The minimum absolute atomic E-state index is 0. The molecule has 0 atom stereocenters. The zero-order chi connectivity index (χ0) is 19.6. The van der Waals surface area contributed by atoms with Gasteiger partial charge in [-0.1, -0.05) is 30.3 Å². The number of methoxy groups -OCH3 is 1. The molecule has 2 aromatic rings. The average Bonchev–Trinajstić information content (AvgIpc) is 3.18. The van der Waals surface area contributed by atoms with Crippen molar-refractivity contribution in [3.05, 3.63) is 54.1 Å². The molecule has 1 aliphatic rings. The minimum Gasteiger partial charge on any atom is -0.383 e. The molecule has 1 fully saturated rings. The zero-order valence-electron chi connectivity index (χ0n) is 17.4. The Morgan fingerprint density at radius 3 is 2.69 bits per heavy atom. The Morgan fingerprint density at radius 2 is 2.00 bits per heavy atom. The Kier molecular flexibility index (Phi) is 10.4. The SMILES string of the molecule is CN=C(NCc1nccn1Cc1ccccc1)NC1CCN(CCOC)CC1.I. The van der Waals surface area contributed by atoms with Crippen molar-refractivity contribution in [2.45, 2.75) is 32.0 Å². The molecule has 7 nitrogen and oxygen atoms in total. The van der Waals surface area contributed by atoms with Crippen molar-refractivity contribution in [2.75, 3.05) is 40.4 Å². The van der Waals surface area contributed by atoms with Crippen LogP contribution in [-0.4, -0.2) is 66.9 Å². The second-order valence-electron chi connectivity index (χ2n) is 7.14. The van der Waals surface area contributed by atoms with Gasteiger partial charge in [-0.15, -0.1) is 24.0 Å². The summed E-state index contributed by atoms with van der Waals surface area (Å²) in [5.74, 6) is 1.84. The lowest BCUT2D eigenvalue weighted by Gasteiger charge is -2.32. The van der Waals surface area contributed by atoms with Crippen LogP contribution < -0.4 is 10.6 Å². The van der Waals surface area contributed by atoms with E-state index in [-0.39, 0.29) is 24.0 Å². The van der Waals surface area contributed by atoms with Gasteiger partial charge < -0.3 is 24.8 Å². The fourth-order valence-corrected chi connectivity index (χ4v) is 3.50. The van der Waals surface area contributed by atoms with Crippen molar-refractivity contribution in [1.82, 2.24) is 25.1 Å². The molecule has 0 aliphatic carbocycles. The Hall–Kier alpha value is -1.65. The van der Waals surface area contributed by atoms with E-state index < -0.39 is 0 Å². The summed E-state index contributed by atoms with van der Waals surface area (Å²) in [4.78, 5) is 11.3. The Labute approximate surface area is 191 Å². The summed E-state index contributed by atoms with van der Waals surface area (Å²) in [5, 5.41) is 6.97. The van der Waals surface area contributed by atoms with Crippen molar-refractivity contribution < 1.29 is 4.74 Å². The molecule has 8 heteroatoms. The van der Waals surface area contributed by atoms with Crippen LogP contribution in [0.1, 0.15) is 24.2 Å². The van der Waals surface area contributed by atoms with Gasteiger partial charge in [0.2, 0.25) is 0 Å². The number of guanidine groups is 1. The number of aliphatic imine (C=N–C) groups is 1. The number of nitrogens with zero attached hydrogens (tertiary/aromatic N) is 4. The van der Waals surface area contributed by atoms with Crippen molar-refractivity contribution in [3.8, 4) is 0 Å². The summed E-state index contributed by atoms with van der Waals surface area (Å²) in [7, 11) is 3.58. The zero-order valence-corrected chi connectivity index (χ0v) is 19.7. The van der Waals surface area contributed by atoms with Crippen molar-refractivity contribution in [1.29, 1.82) is 0 Å². The van der Waals surface area contributed by atoms with E-state index >= 15 is 0 Å². The molecule has 1 saturated heterocycles. The lowest BCUT2D eigenvalue weighted by Crippen LogP contribution is -2.49. The third-order valence-electron chi connectivity index (χ3n) is 5.18. The van der Waals surface area contributed by atoms with Gasteiger partial charge in [0.25, 0.3) is 0 Å². The van der Waals surface area contributed by atoms with E-state index in [0.717, 1.165) is 57.4 Å². The van der Waals surface area contributed by atoms with Crippen LogP contribution in [0.15, 0.2) is 47.7 Å². The number of piperidine rings is 1. The third kappa shape index (κ3) is 7.60. The molecule has 1 aromatic carbocycles. The number of imidazole rings is 1. The average molecular weight is 512 g/mol. The van der Waals surface area contributed by atoms with Crippen LogP contribution in [0.3, 0.4) is 0 Å². The van der Waals surface area contributed by atoms with Crippen molar-refractivity contribution >= 4 is 29.9 Å². The molecule has 1 aliphatic heterocycles. The number of hydrogen-bond acceptors (Lipinski definition) is 4. The molecule has 29 heavy (non-hydrogen) atoms. The molecule has 0 amide bonds. The highest BCUT2D eigenvalue weighted by Gasteiger charge is 2.19. The number of aromatic nitrogens is 2. The summed E-state index contributed by atoms with van der Waals surface area (Å²) in [5.41, 5.74) is 1.27. The molecule has 0 radical (unpaired) electrons. The fraction of sp³-hybridized carbons (Fsp3) is 0.524. The van der Waals surface area contributed by atoms with Gasteiger partial charge in [-0.2, -0.15) is 0 Å². The third-order valence-corrected chi connectivity index (χ3v) is 5.18. The summed E-state index contributed by atoms with van der Waals surface area (Å²) < 4.78 is 7.34. The molecule has 160 valence electrons. The van der Waals surface area contributed by atoms with Crippen LogP contribution in [0.5, 0.6) is 0 Å². The lowest BCUT2D eigenvalue weighted by molar-refractivity contribution is 0.128. The quantitative estimate of drug-likeness (QED) is 0.323. The van der Waals surface area contributed by atoms with Gasteiger partial charge in [0.15, 0.2) is 5.96 Å². The highest BCUT2D eigenvalue weighted by atomic mass is 127. The highest BCUT2D eigenvalue weighted by molar-refractivity contribution is 14.0.